The standard InChI is InChI=1S/C24H25NO2/c1-17(16-25-2)18-3-5-19(6-4-18)20-7-9-21(10-8-20)22-11-12-23-24(15-22)27-14-13-26-23/h3-12,15,17,25H,13-14,16H2,1-2H3. The lowest BCUT2D eigenvalue weighted by Gasteiger charge is -2.19. The number of fused-ring (bicyclic) bond motifs is 1. The minimum Gasteiger partial charge on any atom is -0.486 e. The summed E-state index contributed by atoms with van der Waals surface area (Å²) >= 11 is 0. The molecule has 4 rings (SSSR count). The Labute approximate surface area is 161 Å². The number of likely N-dealkylation sites (N-methyl/N-ethyl adjacent to an activating group) is 1. The highest BCUT2D eigenvalue weighted by atomic mass is 16.6. The number of benzene rings is 3. The van der Waals surface area contributed by atoms with Crippen LogP contribution < -0.4 is 14.8 Å². The van der Waals surface area contributed by atoms with Crippen molar-refractivity contribution in [2.75, 3.05) is 26.8 Å². The first-order valence-electron chi connectivity index (χ1n) is 9.49. The van der Waals surface area contributed by atoms with E-state index in [1.807, 2.05) is 13.1 Å². The lowest BCUT2D eigenvalue weighted by atomic mass is 9.96. The van der Waals surface area contributed by atoms with E-state index in [1.165, 1.54) is 22.3 Å². The fourth-order valence-electron chi connectivity index (χ4n) is 3.51. The van der Waals surface area contributed by atoms with E-state index in [0.717, 1.165) is 23.6 Å². The van der Waals surface area contributed by atoms with Crippen LogP contribution in [0, 0.1) is 0 Å². The topological polar surface area (TPSA) is 30.5 Å². The third-order valence-corrected chi connectivity index (χ3v) is 5.08. The van der Waals surface area contributed by atoms with Crippen LogP contribution >= 0.6 is 0 Å². The molecule has 0 fully saturated rings. The average molecular weight is 359 g/mol. The molecule has 0 aromatic heterocycles. The summed E-state index contributed by atoms with van der Waals surface area (Å²) in [4.78, 5) is 0. The first-order valence-corrected chi connectivity index (χ1v) is 9.49. The van der Waals surface area contributed by atoms with Crippen molar-refractivity contribution >= 4 is 0 Å². The quantitative estimate of drug-likeness (QED) is 0.686. The van der Waals surface area contributed by atoms with Crippen LogP contribution in [0.5, 0.6) is 11.5 Å². The van der Waals surface area contributed by atoms with E-state index in [2.05, 4.69) is 72.9 Å². The molecule has 0 aliphatic carbocycles. The predicted octanol–water partition coefficient (Wildman–Crippen LogP) is 5.11. The molecular formula is C24H25NO2. The Morgan fingerprint density at radius 2 is 1.26 bits per heavy atom. The molecule has 0 amide bonds. The number of ether oxygens (including phenoxy) is 2. The molecule has 0 bridgehead atoms. The van der Waals surface area contributed by atoms with Crippen molar-refractivity contribution in [1.29, 1.82) is 0 Å². The molecule has 1 unspecified atom stereocenters. The minimum absolute atomic E-state index is 0.515. The molecule has 0 spiro atoms. The first kappa shape index (κ1) is 17.6. The molecule has 0 radical (unpaired) electrons. The van der Waals surface area contributed by atoms with Crippen molar-refractivity contribution in [2.24, 2.45) is 0 Å². The van der Waals surface area contributed by atoms with E-state index in [9.17, 15) is 0 Å². The van der Waals surface area contributed by atoms with Crippen molar-refractivity contribution in [2.45, 2.75) is 12.8 Å². The molecule has 0 saturated heterocycles. The zero-order valence-corrected chi connectivity index (χ0v) is 15.9. The number of rotatable bonds is 5. The molecule has 1 atom stereocenters. The number of hydrogen-bond acceptors (Lipinski definition) is 3. The Bertz CT molecular complexity index is 901. The molecular weight excluding hydrogens is 334 g/mol. The highest BCUT2D eigenvalue weighted by Gasteiger charge is 2.12. The van der Waals surface area contributed by atoms with Crippen LogP contribution in [0.4, 0.5) is 0 Å². The Hall–Kier alpha value is -2.78. The lowest BCUT2D eigenvalue weighted by Crippen LogP contribution is -2.15. The summed E-state index contributed by atoms with van der Waals surface area (Å²) in [6, 6.07) is 23.7. The second-order valence-corrected chi connectivity index (χ2v) is 7.02. The summed E-state index contributed by atoms with van der Waals surface area (Å²) < 4.78 is 11.3. The summed E-state index contributed by atoms with van der Waals surface area (Å²) in [5.41, 5.74) is 6.14. The van der Waals surface area contributed by atoms with Gasteiger partial charge in [-0.3, -0.25) is 0 Å². The van der Waals surface area contributed by atoms with E-state index in [-0.39, 0.29) is 0 Å². The van der Waals surface area contributed by atoms with Crippen LogP contribution in [0.15, 0.2) is 66.7 Å². The van der Waals surface area contributed by atoms with Gasteiger partial charge in [-0.1, -0.05) is 61.5 Å². The van der Waals surface area contributed by atoms with Gasteiger partial charge in [0, 0.05) is 6.54 Å². The molecule has 3 heteroatoms. The van der Waals surface area contributed by atoms with E-state index >= 15 is 0 Å². The second-order valence-electron chi connectivity index (χ2n) is 7.02. The lowest BCUT2D eigenvalue weighted by molar-refractivity contribution is 0.171. The molecule has 1 heterocycles. The maximum Gasteiger partial charge on any atom is 0.161 e. The van der Waals surface area contributed by atoms with Gasteiger partial charge in [0.05, 0.1) is 0 Å². The van der Waals surface area contributed by atoms with Gasteiger partial charge in [-0.25, -0.2) is 0 Å². The molecule has 138 valence electrons. The summed E-state index contributed by atoms with van der Waals surface area (Å²) in [6.07, 6.45) is 0. The third kappa shape index (κ3) is 3.83. The van der Waals surface area contributed by atoms with Crippen molar-refractivity contribution in [1.82, 2.24) is 5.32 Å². The Kier molecular flexibility index (Phi) is 5.12. The van der Waals surface area contributed by atoms with Gasteiger partial charge in [-0.2, -0.15) is 0 Å². The molecule has 1 aliphatic rings. The smallest absolute Gasteiger partial charge is 0.161 e. The van der Waals surface area contributed by atoms with Crippen LogP contribution in [-0.2, 0) is 0 Å². The maximum absolute atomic E-state index is 5.70. The zero-order chi connectivity index (χ0) is 18.6. The van der Waals surface area contributed by atoms with Gasteiger partial charge in [-0.15, -0.1) is 0 Å². The Balaban J connectivity index is 1.54. The molecule has 3 aromatic rings. The van der Waals surface area contributed by atoms with Gasteiger partial charge in [0.1, 0.15) is 13.2 Å². The van der Waals surface area contributed by atoms with E-state index in [0.29, 0.717) is 19.1 Å². The zero-order valence-electron chi connectivity index (χ0n) is 15.9. The number of hydrogen-bond donors (Lipinski definition) is 1. The summed E-state index contributed by atoms with van der Waals surface area (Å²) in [7, 11) is 1.99. The summed E-state index contributed by atoms with van der Waals surface area (Å²) in [6.45, 7) is 4.46. The van der Waals surface area contributed by atoms with Crippen LogP contribution in [0.2, 0.25) is 0 Å². The van der Waals surface area contributed by atoms with Crippen LogP contribution in [0.25, 0.3) is 22.3 Å². The molecule has 0 saturated carbocycles. The fourth-order valence-corrected chi connectivity index (χ4v) is 3.51. The Morgan fingerprint density at radius 1 is 0.741 bits per heavy atom. The average Bonchev–Trinajstić information content (AvgIpc) is 2.74. The highest BCUT2D eigenvalue weighted by Crippen LogP contribution is 2.35. The monoisotopic (exact) mass is 359 g/mol. The summed E-state index contributed by atoms with van der Waals surface area (Å²) in [5, 5.41) is 3.24. The second kappa shape index (κ2) is 7.85. The largest absolute Gasteiger partial charge is 0.486 e. The number of nitrogens with one attached hydrogen (secondary N) is 1. The molecule has 3 nitrogen and oxygen atoms in total. The predicted molar refractivity (Wildman–Crippen MR) is 111 cm³/mol. The molecule has 27 heavy (non-hydrogen) atoms. The normalized spacial score (nSPS) is 14.0. The van der Waals surface area contributed by atoms with E-state index < -0.39 is 0 Å². The minimum atomic E-state index is 0.515. The third-order valence-electron chi connectivity index (χ3n) is 5.08. The van der Waals surface area contributed by atoms with Crippen molar-refractivity contribution < 1.29 is 9.47 Å². The van der Waals surface area contributed by atoms with Gasteiger partial charge < -0.3 is 14.8 Å². The fraction of sp³-hybridized carbons (Fsp3) is 0.250. The van der Waals surface area contributed by atoms with Gasteiger partial charge >= 0.3 is 0 Å². The van der Waals surface area contributed by atoms with E-state index in [4.69, 9.17) is 9.47 Å². The highest BCUT2D eigenvalue weighted by molar-refractivity contribution is 5.72. The van der Waals surface area contributed by atoms with Gasteiger partial charge in [-0.05, 0) is 52.9 Å². The maximum atomic E-state index is 5.70. The van der Waals surface area contributed by atoms with Gasteiger partial charge in [0.2, 0.25) is 0 Å². The van der Waals surface area contributed by atoms with Crippen molar-refractivity contribution in [3.05, 3.63) is 72.3 Å². The Morgan fingerprint density at radius 3 is 1.89 bits per heavy atom. The van der Waals surface area contributed by atoms with Crippen LogP contribution in [-0.4, -0.2) is 26.8 Å². The molecule has 1 N–H and O–H groups in total. The van der Waals surface area contributed by atoms with Crippen LogP contribution in [0.3, 0.4) is 0 Å². The molecule has 1 aliphatic heterocycles. The summed E-state index contributed by atoms with van der Waals surface area (Å²) in [5.74, 6) is 2.17. The van der Waals surface area contributed by atoms with Gasteiger partial charge in [0.25, 0.3) is 0 Å². The van der Waals surface area contributed by atoms with Gasteiger partial charge in [0.15, 0.2) is 11.5 Å². The van der Waals surface area contributed by atoms with Crippen LogP contribution in [0.1, 0.15) is 18.4 Å². The van der Waals surface area contributed by atoms with Crippen molar-refractivity contribution in [3.63, 3.8) is 0 Å². The molecule has 3 aromatic carbocycles. The van der Waals surface area contributed by atoms with Crippen molar-refractivity contribution in [3.8, 4) is 33.8 Å². The first-order chi connectivity index (χ1) is 13.2. The SMILES string of the molecule is CNCC(C)c1ccc(-c2ccc(-c3ccc4c(c3)OCCO4)cc2)cc1. The van der Waals surface area contributed by atoms with E-state index in [1.54, 1.807) is 0 Å².